The van der Waals surface area contributed by atoms with Crippen molar-refractivity contribution in [3.63, 3.8) is 0 Å². The van der Waals surface area contributed by atoms with Gasteiger partial charge in [-0.25, -0.2) is 4.68 Å². The van der Waals surface area contributed by atoms with Crippen LogP contribution in [0.25, 0.3) is 5.82 Å². The van der Waals surface area contributed by atoms with Gasteiger partial charge >= 0.3 is 0 Å². The smallest absolute Gasteiger partial charge is 0.223 e. The number of hydrogen-bond donors (Lipinski definition) is 2. The molecule has 23 heavy (non-hydrogen) atoms. The van der Waals surface area contributed by atoms with E-state index in [0.717, 1.165) is 12.8 Å². The third-order valence-electron chi connectivity index (χ3n) is 3.71. The van der Waals surface area contributed by atoms with E-state index in [0.29, 0.717) is 37.9 Å². The molecule has 122 valence electrons. The van der Waals surface area contributed by atoms with Crippen molar-refractivity contribution in [3.05, 3.63) is 30.6 Å². The van der Waals surface area contributed by atoms with E-state index in [1.807, 2.05) is 24.4 Å². The zero-order valence-electron chi connectivity index (χ0n) is 12.8. The monoisotopic (exact) mass is 316 g/mol. The maximum Gasteiger partial charge on any atom is 0.223 e. The van der Waals surface area contributed by atoms with E-state index in [9.17, 15) is 4.79 Å². The Hall–Kier alpha value is -2.48. The quantitative estimate of drug-likeness (QED) is 0.759. The van der Waals surface area contributed by atoms with Crippen LogP contribution in [0.2, 0.25) is 0 Å². The summed E-state index contributed by atoms with van der Waals surface area (Å²) in [5.74, 6) is 1.52. The largest absolute Gasteiger partial charge is 0.381 e. The number of nitrogens with one attached hydrogen (secondary N) is 2. The van der Waals surface area contributed by atoms with Crippen LogP contribution in [0.15, 0.2) is 30.6 Å². The van der Waals surface area contributed by atoms with Crippen molar-refractivity contribution in [2.24, 2.45) is 5.92 Å². The second kappa shape index (κ2) is 7.68. The lowest BCUT2D eigenvalue weighted by molar-refractivity contribution is -0.127. The van der Waals surface area contributed by atoms with Crippen LogP contribution in [-0.2, 0) is 9.53 Å². The Kier molecular flexibility index (Phi) is 5.15. The Morgan fingerprint density at radius 1 is 1.26 bits per heavy atom. The molecule has 8 heteroatoms. The number of rotatable bonds is 6. The summed E-state index contributed by atoms with van der Waals surface area (Å²) in [6.45, 7) is 2.51. The van der Waals surface area contributed by atoms with E-state index in [1.165, 1.54) is 0 Å². The number of aromatic nitrogens is 4. The van der Waals surface area contributed by atoms with Gasteiger partial charge in [-0.3, -0.25) is 4.79 Å². The highest BCUT2D eigenvalue weighted by Crippen LogP contribution is 2.14. The number of ether oxygens (including phenoxy) is 1. The van der Waals surface area contributed by atoms with Crippen molar-refractivity contribution >= 4 is 11.7 Å². The molecule has 3 heterocycles. The average Bonchev–Trinajstić information content (AvgIpc) is 3.14. The molecule has 0 aliphatic carbocycles. The summed E-state index contributed by atoms with van der Waals surface area (Å²) in [6, 6.07) is 5.50. The fraction of sp³-hybridized carbons (Fsp3) is 0.467. The molecule has 2 aromatic heterocycles. The molecule has 0 radical (unpaired) electrons. The van der Waals surface area contributed by atoms with Crippen molar-refractivity contribution in [3.8, 4) is 5.82 Å². The Labute approximate surface area is 134 Å². The molecule has 2 aromatic rings. The number of nitrogens with zero attached hydrogens (tertiary/aromatic N) is 4. The summed E-state index contributed by atoms with van der Waals surface area (Å²) in [6.07, 6.45) is 5.11. The fourth-order valence-electron chi connectivity index (χ4n) is 2.43. The predicted octanol–water partition coefficient (Wildman–Crippen LogP) is 0.617. The first kappa shape index (κ1) is 15.4. The highest BCUT2D eigenvalue weighted by Gasteiger charge is 2.20. The lowest BCUT2D eigenvalue weighted by Crippen LogP contribution is -2.36. The van der Waals surface area contributed by atoms with E-state index in [1.54, 1.807) is 10.9 Å². The minimum atomic E-state index is 0.0805. The van der Waals surface area contributed by atoms with Crippen LogP contribution in [0.3, 0.4) is 0 Å². The molecule has 0 atom stereocenters. The first-order valence-electron chi connectivity index (χ1n) is 7.76. The minimum absolute atomic E-state index is 0.0805. The molecule has 8 nitrogen and oxygen atoms in total. The lowest BCUT2D eigenvalue weighted by atomic mass is 9.99. The second-order valence-electron chi connectivity index (χ2n) is 5.33. The molecule has 0 saturated carbocycles. The normalized spacial score (nSPS) is 15.3. The van der Waals surface area contributed by atoms with Crippen molar-refractivity contribution in [2.45, 2.75) is 12.8 Å². The Morgan fingerprint density at radius 2 is 2.13 bits per heavy atom. The molecule has 1 saturated heterocycles. The maximum atomic E-state index is 12.0. The van der Waals surface area contributed by atoms with Crippen molar-refractivity contribution < 1.29 is 9.53 Å². The number of hydrogen-bond acceptors (Lipinski definition) is 6. The summed E-state index contributed by atoms with van der Waals surface area (Å²) in [7, 11) is 0. The van der Waals surface area contributed by atoms with Crippen LogP contribution in [0, 0.1) is 5.92 Å². The highest BCUT2D eigenvalue weighted by atomic mass is 16.5. The van der Waals surface area contributed by atoms with E-state index < -0.39 is 0 Å². The molecule has 1 aliphatic heterocycles. The molecule has 1 amide bonds. The summed E-state index contributed by atoms with van der Waals surface area (Å²) in [5.41, 5.74) is 0. The van der Waals surface area contributed by atoms with Gasteiger partial charge in [0, 0.05) is 44.6 Å². The van der Waals surface area contributed by atoms with Gasteiger partial charge in [0.2, 0.25) is 5.91 Å². The second-order valence-corrected chi connectivity index (χ2v) is 5.33. The highest BCUT2D eigenvalue weighted by molar-refractivity contribution is 5.78. The van der Waals surface area contributed by atoms with Crippen molar-refractivity contribution in [2.75, 3.05) is 31.6 Å². The van der Waals surface area contributed by atoms with Gasteiger partial charge in [0.15, 0.2) is 5.82 Å². The molecule has 1 fully saturated rings. The third-order valence-corrected chi connectivity index (χ3v) is 3.71. The van der Waals surface area contributed by atoms with Gasteiger partial charge in [-0.05, 0) is 31.0 Å². The first-order valence-corrected chi connectivity index (χ1v) is 7.76. The number of amides is 1. The first-order chi connectivity index (χ1) is 11.3. The molecule has 0 bridgehead atoms. The zero-order chi connectivity index (χ0) is 15.9. The van der Waals surface area contributed by atoms with Crippen LogP contribution >= 0.6 is 0 Å². The van der Waals surface area contributed by atoms with Gasteiger partial charge in [-0.2, -0.15) is 5.10 Å². The average molecular weight is 316 g/mol. The molecule has 2 N–H and O–H groups in total. The SMILES string of the molecule is O=C(NCCNc1ccc(-n2cccn2)nn1)C1CCOCC1. The number of carbonyl (C=O) groups excluding carboxylic acids is 1. The van der Waals surface area contributed by atoms with E-state index in [-0.39, 0.29) is 11.8 Å². The van der Waals surface area contributed by atoms with Gasteiger partial charge in [-0.1, -0.05) is 0 Å². The zero-order valence-corrected chi connectivity index (χ0v) is 12.8. The van der Waals surface area contributed by atoms with Crippen LogP contribution in [-0.4, -0.2) is 52.2 Å². The molecule has 0 unspecified atom stereocenters. The lowest BCUT2D eigenvalue weighted by Gasteiger charge is -2.21. The maximum absolute atomic E-state index is 12.0. The van der Waals surface area contributed by atoms with Crippen LogP contribution in [0.1, 0.15) is 12.8 Å². The summed E-state index contributed by atoms with van der Waals surface area (Å²) in [5, 5.41) is 18.3. The summed E-state index contributed by atoms with van der Waals surface area (Å²) in [4.78, 5) is 12.0. The van der Waals surface area contributed by atoms with Gasteiger partial charge in [0.25, 0.3) is 0 Å². The summed E-state index contributed by atoms with van der Waals surface area (Å²) < 4.78 is 6.90. The molecule has 0 aromatic carbocycles. The molecule has 3 rings (SSSR count). The van der Waals surface area contributed by atoms with Crippen LogP contribution in [0.4, 0.5) is 5.82 Å². The summed E-state index contributed by atoms with van der Waals surface area (Å²) >= 11 is 0. The van der Waals surface area contributed by atoms with E-state index in [2.05, 4.69) is 25.9 Å². The molecule has 1 aliphatic rings. The van der Waals surface area contributed by atoms with Crippen LogP contribution < -0.4 is 10.6 Å². The van der Waals surface area contributed by atoms with Gasteiger partial charge in [-0.15, -0.1) is 10.2 Å². The van der Waals surface area contributed by atoms with Crippen molar-refractivity contribution in [1.29, 1.82) is 0 Å². The van der Waals surface area contributed by atoms with Crippen LogP contribution in [0.5, 0.6) is 0 Å². The Bertz CT molecular complexity index is 607. The van der Waals surface area contributed by atoms with Gasteiger partial charge in [0.1, 0.15) is 5.82 Å². The molecule has 0 spiro atoms. The Morgan fingerprint density at radius 3 is 2.83 bits per heavy atom. The predicted molar refractivity (Wildman–Crippen MR) is 84.2 cm³/mol. The van der Waals surface area contributed by atoms with Crippen molar-refractivity contribution in [1.82, 2.24) is 25.3 Å². The fourth-order valence-corrected chi connectivity index (χ4v) is 2.43. The van der Waals surface area contributed by atoms with E-state index >= 15 is 0 Å². The topological polar surface area (TPSA) is 94.0 Å². The molecular weight excluding hydrogens is 296 g/mol. The number of carbonyl (C=O) groups is 1. The minimum Gasteiger partial charge on any atom is -0.381 e. The van der Waals surface area contributed by atoms with E-state index in [4.69, 9.17) is 4.74 Å². The van der Waals surface area contributed by atoms with Gasteiger partial charge < -0.3 is 15.4 Å². The molecular formula is C15H20N6O2. The standard InChI is InChI=1S/C15H20N6O2/c22-15(12-4-10-23-11-5-12)17-8-7-16-13-2-3-14(20-19-13)21-9-1-6-18-21/h1-3,6,9,12H,4-5,7-8,10-11H2,(H,16,19)(H,17,22). The third kappa shape index (κ3) is 4.26. The number of anilines is 1. The Balaban J connectivity index is 1.39. The van der Waals surface area contributed by atoms with Gasteiger partial charge in [0.05, 0.1) is 0 Å².